The van der Waals surface area contributed by atoms with E-state index < -0.39 is 23.3 Å². The summed E-state index contributed by atoms with van der Waals surface area (Å²) in [4.78, 5) is 0. The van der Waals surface area contributed by atoms with Gasteiger partial charge in [0.05, 0.1) is 6.61 Å². The standard InChI is InChI=1S/C39H50F4O/c1-2-3-4-5-31-20-21-32(37(41)36(31)40)29-14-10-26(11-15-29)7-6-25-8-12-27(13-9-25)28-16-18-30(19-17-28)33-22-23-34(35-24-44-35)39(43)38(33)42/h2-3,20-23,25-30,35H,4-19,24H2,1H3/b3-2+. The van der Waals surface area contributed by atoms with Crippen LogP contribution in [0.1, 0.15) is 143 Å². The van der Waals surface area contributed by atoms with Gasteiger partial charge in [-0.2, -0.15) is 0 Å². The maximum absolute atomic E-state index is 15.0. The Labute approximate surface area is 261 Å². The largest absolute Gasteiger partial charge is 0.368 e. The second-order valence-corrected chi connectivity index (χ2v) is 14.4. The molecule has 3 saturated carbocycles. The van der Waals surface area contributed by atoms with Crippen molar-refractivity contribution in [2.45, 2.75) is 128 Å². The highest BCUT2D eigenvalue weighted by molar-refractivity contribution is 5.32. The van der Waals surface area contributed by atoms with Gasteiger partial charge < -0.3 is 4.74 Å². The van der Waals surface area contributed by atoms with Gasteiger partial charge in [0.1, 0.15) is 6.10 Å². The molecule has 0 aromatic heterocycles. The van der Waals surface area contributed by atoms with Crippen LogP contribution in [-0.2, 0) is 11.2 Å². The molecule has 4 aliphatic rings. The van der Waals surface area contributed by atoms with Crippen molar-refractivity contribution in [2.75, 3.05) is 6.61 Å². The van der Waals surface area contributed by atoms with Crippen LogP contribution in [0.3, 0.4) is 0 Å². The number of rotatable bonds is 10. The Morgan fingerprint density at radius 3 is 1.64 bits per heavy atom. The predicted molar refractivity (Wildman–Crippen MR) is 169 cm³/mol. The number of ether oxygens (including phenoxy) is 1. The summed E-state index contributed by atoms with van der Waals surface area (Å²) >= 11 is 0. The van der Waals surface area contributed by atoms with Crippen LogP contribution in [0.15, 0.2) is 36.4 Å². The van der Waals surface area contributed by atoms with Crippen molar-refractivity contribution < 1.29 is 22.3 Å². The lowest BCUT2D eigenvalue weighted by Gasteiger charge is -2.38. The minimum atomic E-state index is -0.705. The molecule has 0 amide bonds. The van der Waals surface area contributed by atoms with Gasteiger partial charge in [-0.05, 0) is 136 Å². The minimum absolute atomic E-state index is 0.129. The van der Waals surface area contributed by atoms with Crippen LogP contribution in [0.4, 0.5) is 17.6 Å². The van der Waals surface area contributed by atoms with Crippen LogP contribution in [0, 0.1) is 46.9 Å². The van der Waals surface area contributed by atoms with E-state index in [9.17, 15) is 17.6 Å². The first-order chi connectivity index (χ1) is 21.4. The number of halogens is 4. The average molecular weight is 611 g/mol. The number of hydrogen-bond acceptors (Lipinski definition) is 1. The fraction of sp³-hybridized carbons (Fsp3) is 0.641. The highest BCUT2D eigenvalue weighted by atomic mass is 19.2. The minimum Gasteiger partial charge on any atom is -0.368 e. The fourth-order valence-corrected chi connectivity index (χ4v) is 8.97. The molecule has 1 unspecified atom stereocenters. The van der Waals surface area contributed by atoms with E-state index in [0.29, 0.717) is 41.2 Å². The number of epoxide rings is 1. The molecule has 0 radical (unpaired) electrons. The van der Waals surface area contributed by atoms with Gasteiger partial charge in [0.25, 0.3) is 0 Å². The highest BCUT2D eigenvalue weighted by Gasteiger charge is 2.35. The van der Waals surface area contributed by atoms with Crippen LogP contribution < -0.4 is 0 Å². The Bertz CT molecular complexity index is 1280. The molecule has 4 fully saturated rings. The molecule has 6 rings (SSSR count). The van der Waals surface area contributed by atoms with Gasteiger partial charge >= 0.3 is 0 Å². The highest BCUT2D eigenvalue weighted by Crippen LogP contribution is 2.46. The number of hydrogen-bond donors (Lipinski definition) is 0. The molecular weight excluding hydrogens is 560 g/mol. The summed E-state index contributed by atoms with van der Waals surface area (Å²) in [6, 6.07) is 7.19. The van der Waals surface area contributed by atoms with E-state index in [1.54, 1.807) is 18.2 Å². The van der Waals surface area contributed by atoms with Crippen LogP contribution in [0.2, 0.25) is 0 Å². The normalized spacial score (nSPS) is 31.0. The molecule has 0 bridgehead atoms. The molecule has 240 valence electrons. The van der Waals surface area contributed by atoms with Crippen LogP contribution in [0.25, 0.3) is 0 Å². The second-order valence-electron chi connectivity index (χ2n) is 14.4. The van der Waals surface area contributed by atoms with Crippen LogP contribution in [-0.4, -0.2) is 6.61 Å². The zero-order valence-corrected chi connectivity index (χ0v) is 26.4. The van der Waals surface area contributed by atoms with E-state index in [2.05, 4.69) is 0 Å². The zero-order valence-electron chi connectivity index (χ0n) is 26.4. The van der Waals surface area contributed by atoms with Crippen molar-refractivity contribution in [1.82, 2.24) is 0 Å². The van der Waals surface area contributed by atoms with Crippen molar-refractivity contribution in [3.63, 3.8) is 0 Å². The Morgan fingerprint density at radius 1 is 0.614 bits per heavy atom. The van der Waals surface area contributed by atoms with Crippen molar-refractivity contribution in [2.24, 2.45) is 23.7 Å². The molecule has 1 saturated heterocycles. The molecule has 2 aromatic rings. The molecule has 44 heavy (non-hydrogen) atoms. The van der Waals surface area contributed by atoms with Gasteiger partial charge in [0, 0.05) is 5.56 Å². The second kappa shape index (κ2) is 14.5. The van der Waals surface area contributed by atoms with E-state index in [-0.39, 0.29) is 17.9 Å². The molecule has 1 atom stereocenters. The van der Waals surface area contributed by atoms with E-state index in [1.165, 1.54) is 38.5 Å². The number of benzene rings is 2. The van der Waals surface area contributed by atoms with Gasteiger partial charge in [0.2, 0.25) is 0 Å². The lowest BCUT2D eigenvalue weighted by Crippen LogP contribution is -2.26. The van der Waals surface area contributed by atoms with E-state index in [1.807, 2.05) is 25.1 Å². The summed E-state index contributed by atoms with van der Waals surface area (Å²) in [5, 5.41) is 0. The van der Waals surface area contributed by atoms with Crippen molar-refractivity contribution in [3.05, 3.63) is 81.9 Å². The summed E-state index contributed by atoms with van der Waals surface area (Å²) in [6.07, 6.45) is 21.1. The fourth-order valence-electron chi connectivity index (χ4n) is 8.97. The summed E-state index contributed by atoms with van der Waals surface area (Å²) in [6.45, 7) is 2.43. The third-order valence-electron chi connectivity index (χ3n) is 11.9. The van der Waals surface area contributed by atoms with Gasteiger partial charge in [-0.3, -0.25) is 0 Å². The summed E-state index contributed by atoms with van der Waals surface area (Å²) in [5.74, 6) is 0.687. The molecule has 3 aliphatic carbocycles. The van der Waals surface area contributed by atoms with Gasteiger partial charge in [-0.1, -0.05) is 62.1 Å². The molecule has 2 aromatic carbocycles. The quantitative estimate of drug-likeness (QED) is 0.148. The van der Waals surface area contributed by atoms with E-state index >= 15 is 0 Å². The molecule has 1 aliphatic heterocycles. The monoisotopic (exact) mass is 610 g/mol. The van der Waals surface area contributed by atoms with Crippen molar-refractivity contribution >= 4 is 0 Å². The molecule has 5 heteroatoms. The number of aryl methyl sites for hydroxylation is 1. The zero-order chi connectivity index (χ0) is 30.6. The number of allylic oxidation sites excluding steroid dienone is 2. The topological polar surface area (TPSA) is 12.5 Å². The molecule has 0 spiro atoms. The molecule has 0 N–H and O–H groups in total. The van der Waals surface area contributed by atoms with Gasteiger partial charge in [-0.25, -0.2) is 17.6 Å². The molecule has 1 heterocycles. The molecule has 1 nitrogen and oxygen atoms in total. The first-order valence-electron chi connectivity index (χ1n) is 17.6. The summed E-state index contributed by atoms with van der Waals surface area (Å²) in [7, 11) is 0. The lowest BCUT2D eigenvalue weighted by atomic mass is 9.67. The van der Waals surface area contributed by atoms with Crippen molar-refractivity contribution in [1.29, 1.82) is 0 Å². The molecular formula is C39H50F4O. The average Bonchev–Trinajstić information content (AvgIpc) is 3.90. The summed E-state index contributed by atoms with van der Waals surface area (Å²) in [5.41, 5.74) is 2.00. The Hall–Kier alpha value is -2.14. The summed E-state index contributed by atoms with van der Waals surface area (Å²) < 4.78 is 64.3. The Kier molecular flexibility index (Phi) is 10.5. The maximum Gasteiger partial charge on any atom is 0.165 e. The van der Waals surface area contributed by atoms with E-state index in [0.717, 1.165) is 75.5 Å². The Morgan fingerprint density at radius 2 is 1.07 bits per heavy atom. The van der Waals surface area contributed by atoms with E-state index in [4.69, 9.17) is 4.74 Å². The van der Waals surface area contributed by atoms with Crippen LogP contribution in [0.5, 0.6) is 0 Å². The first-order valence-corrected chi connectivity index (χ1v) is 17.6. The maximum atomic E-state index is 15.0. The third-order valence-corrected chi connectivity index (χ3v) is 11.9. The predicted octanol–water partition coefficient (Wildman–Crippen LogP) is 11.7. The first kappa shape index (κ1) is 31.8. The smallest absolute Gasteiger partial charge is 0.165 e. The lowest BCUT2D eigenvalue weighted by molar-refractivity contribution is 0.150. The van der Waals surface area contributed by atoms with Gasteiger partial charge in [-0.15, -0.1) is 0 Å². The third kappa shape index (κ3) is 7.29. The van der Waals surface area contributed by atoms with Gasteiger partial charge in [0.15, 0.2) is 23.3 Å². The Balaban J connectivity index is 0.899. The van der Waals surface area contributed by atoms with Crippen molar-refractivity contribution in [3.8, 4) is 0 Å². The SMILES string of the molecule is C/C=C/CCc1ccc(C2CCC(CCC3CCC(C4CCC(c5ccc(C6CO6)c(F)c5F)CC4)CC3)CC2)c(F)c1F. The van der Waals surface area contributed by atoms with Crippen LogP contribution >= 0.6 is 0 Å².